The van der Waals surface area contributed by atoms with Crippen molar-refractivity contribution in [3.8, 4) is 0 Å². The fourth-order valence-electron chi connectivity index (χ4n) is 1.21. The van der Waals surface area contributed by atoms with Crippen molar-refractivity contribution in [1.29, 1.82) is 0 Å². The van der Waals surface area contributed by atoms with Crippen LogP contribution in [0.15, 0.2) is 27.1 Å². The molecule has 0 amide bonds. The number of nitrogens with two attached hydrogens (primary N) is 2. The van der Waals surface area contributed by atoms with Gasteiger partial charge in [0.05, 0.1) is 0 Å². The molecule has 0 fully saturated rings. The van der Waals surface area contributed by atoms with E-state index in [9.17, 15) is 4.79 Å². The van der Waals surface area contributed by atoms with Crippen molar-refractivity contribution in [3.05, 3.63) is 28.2 Å². The minimum Gasteiger partial charge on any atom is -0.383 e. The van der Waals surface area contributed by atoms with Crippen molar-refractivity contribution in [2.45, 2.75) is 17.1 Å². The Bertz CT molecular complexity index is 590. The quantitative estimate of drug-likeness (QED) is 0.513. The SMILES string of the molecule is Cc1cc(Sc2nc(N)cc(=O)[nH]2)nc(N)n1. The van der Waals surface area contributed by atoms with Gasteiger partial charge in [-0.25, -0.2) is 15.0 Å². The standard InChI is InChI=1S/C9H10N6OS/c1-4-2-7(15-8(11)12-4)17-9-13-5(10)3-6(16)14-9/h2-3H,1H3,(H2,11,12,15)(H3,10,13,14,16). The summed E-state index contributed by atoms with van der Waals surface area (Å²) >= 11 is 1.17. The van der Waals surface area contributed by atoms with E-state index in [2.05, 4.69) is 19.9 Å². The van der Waals surface area contributed by atoms with Crippen LogP contribution in [0.5, 0.6) is 0 Å². The van der Waals surface area contributed by atoms with E-state index in [0.717, 1.165) is 5.69 Å². The fraction of sp³-hybridized carbons (Fsp3) is 0.111. The molecule has 0 atom stereocenters. The summed E-state index contributed by atoms with van der Waals surface area (Å²) in [6.45, 7) is 1.80. The number of anilines is 2. The predicted octanol–water partition coefficient (Wildman–Crippen LogP) is 0.184. The van der Waals surface area contributed by atoms with Gasteiger partial charge >= 0.3 is 0 Å². The number of aromatic amines is 1. The Kier molecular flexibility index (Phi) is 2.96. The number of H-pyrrole nitrogens is 1. The van der Waals surface area contributed by atoms with E-state index in [1.54, 1.807) is 13.0 Å². The molecule has 88 valence electrons. The van der Waals surface area contributed by atoms with Gasteiger partial charge in [-0.05, 0) is 24.8 Å². The first-order chi connectivity index (χ1) is 8.02. The molecule has 5 N–H and O–H groups in total. The third-order valence-electron chi connectivity index (χ3n) is 1.79. The molecule has 7 nitrogen and oxygen atoms in total. The third kappa shape index (κ3) is 2.94. The Morgan fingerprint density at radius 3 is 2.65 bits per heavy atom. The van der Waals surface area contributed by atoms with Crippen molar-refractivity contribution in [3.63, 3.8) is 0 Å². The van der Waals surface area contributed by atoms with E-state index < -0.39 is 0 Å². The van der Waals surface area contributed by atoms with Crippen molar-refractivity contribution in [2.75, 3.05) is 11.5 Å². The smallest absolute Gasteiger partial charge is 0.253 e. The van der Waals surface area contributed by atoms with Crippen LogP contribution >= 0.6 is 11.8 Å². The van der Waals surface area contributed by atoms with Crippen LogP contribution in [-0.2, 0) is 0 Å². The zero-order valence-electron chi connectivity index (χ0n) is 8.97. The second kappa shape index (κ2) is 4.42. The van der Waals surface area contributed by atoms with Crippen molar-refractivity contribution >= 4 is 23.5 Å². The van der Waals surface area contributed by atoms with Crippen LogP contribution in [0.4, 0.5) is 11.8 Å². The van der Waals surface area contributed by atoms with Gasteiger partial charge in [0, 0.05) is 11.8 Å². The fourth-order valence-corrected chi connectivity index (χ4v) is 2.08. The highest BCUT2D eigenvalue weighted by atomic mass is 32.2. The van der Waals surface area contributed by atoms with Gasteiger partial charge in [0.1, 0.15) is 10.8 Å². The first kappa shape index (κ1) is 11.4. The van der Waals surface area contributed by atoms with Gasteiger partial charge in [0.2, 0.25) is 5.95 Å². The van der Waals surface area contributed by atoms with E-state index in [4.69, 9.17) is 11.5 Å². The monoisotopic (exact) mass is 250 g/mol. The maximum absolute atomic E-state index is 11.2. The average Bonchev–Trinajstić information content (AvgIpc) is 2.13. The van der Waals surface area contributed by atoms with E-state index in [-0.39, 0.29) is 17.3 Å². The van der Waals surface area contributed by atoms with Crippen LogP contribution < -0.4 is 17.0 Å². The minimum atomic E-state index is -0.307. The second-order valence-corrected chi connectivity index (χ2v) is 4.29. The number of aryl methyl sites for hydroxylation is 1. The Balaban J connectivity index is 2.34. The lowest BCUT2D eigenvalue weighted by molar-refractivity contribution is 0.936. The van der Waals surface area contributed by atoms with Gasteiger partial charge in [-0.1, -0.05) is 0 Å². The number of hydrogen-bond acceptors (Lipinski definition) is 7. The van der Waals surface area contributed by atoms with Crippen molar-refractivity contribution in [2.24, 2.45) is 0 Å². The molecule has 0 saturated heterocycles. The number of nitrogen functional groups attached to an aromatic ring is 2. The zero-order chi connectivity index (χ0) is 12.4. The summed E-state index contributed by atoms with van der Waals surface area (Å²) in [5, 5.41) is 0.969. The molecule has 2 aromatic rings. The summed E-state index contributed by atoms with van der Waals surface area (Å²) in [5.74, 6) is 0.341. The summed E-state index contributed by atoms with van der Waals surface area (Å²) < 4.78 is 0. The molecule has 2 heterocycles. The summed E-state index contributed by atoms with van der Waals surface area (Å²) in [6.07, 6.45) is 0. The molecule has 0 aliphatic carbocycles. The van der Waals surface area contributed by atoms with Crippen LogP contribution in [0, 0.1) is 6.92 Å². The van der Waals surface area contributed by atoms with Gasteiger partial charge < -0.3 is 16.5 Å². The van der Waals surface area contributed by atoms with Gasteiger partial charge in [0.25, 0.3) is 5.56 Å². The van der Waals surface area contributed by atoms with Crippen LogP contribution in [0.3, 0.4) is 0 Å². The zero-order valence-corrected chi connectivity index (χ0v) is 9.78. The number of hydrogen-bond donors (Lipinski definition) is 3. The Morgan fingerprint density at radius 2 is 2.00 bits per heavy atom. The number of rotatable bonds is 2. The first-order valence-electron chi connectivity index (χ1n) is 4.69. The second-order valence-electron chi connectivity index (χ2n) is 3.28. The molecule has 2 rings (SSSR count). The lowest BCUT2D eigenvalue weighted by Crippen LogP contribution is -2.09. The highest BCUT2D eigenvalue weighted by Crippen LogP contribution is 2.22. The highest BCUT2D eigenvalue weighted by molar-refractivity contribution is 7.99. The normalized spacial score (nSPS) is 10.4. The van der Waals surface area contributed by atoms with Crippen LogP contribution in [0.25, 0.3) is 0 Å². The van der Waals surface area contributed by atoms with E-state index in [1.807, 2.05) is 0 Å². The Morgan fingerprint density at radius 1 is 1.24 bits per heavy atom. The van der Waals surface area contributed by atoms with Gasteiger partial charge in [0.15, 0.2) is 5.16 Å². The van der Waals surface area contributed by atoms with Gasteiger partial charge in [-0.3, -0.25) is 4.79 Å². The number of aromatic nitrogens is 4. The number of nitrogens with zero attached hydrogens (tertiary/aromatic N) is 3. The van der Waals surface area contributed by atoms with Gasteiger partial charge in [-0.15, -0.1) is 0 Å². The highest BCUT2D eigenvalue weighted by Gasteiger charge is 2.05. The largest absolute Gasteiger partial charge is 0.383 e. The number of nitrogens with one attached hydrogen (secondary N) is 1. The van der Waals surface area contributed by atoms with Crippen LogP contribution in [0.1, 0.15) is 5.69 Å². The molecule has 2 aromatic heterocycles. The molecule has 0 radical (unpaired) electrons. The van der Waals surface area contributed by atoms with E-state index in [0.29, 0.717) is 10.2 Å². The molecular formula is C9H10N6OS. The van der Waals surface area contributed by atoms with Gasteiger partial charge in [-0.2, -0.15) is 0 Å². The Labute approximate surface area is 101 Å². The molecular weight excluding hydrogens is 240 g/mol. The summed E-state index contributed by atoms with van der Waals surface area (Å²) in [6, 6.07) is 2.95. The molecule has 0 bridgehead atoms. The summed E-state index contributed by atoms with van der Waals surface area (Å²) in [5.41, 5.74) is 11.4. The molecule has 0 aliphatic rings. The van der Waals surface area contributed by atoms with E-state index >= 15 is 0 Å². The van der Waals surface area contributed by atoms with Crippen molar-refractivity contribution in [1.82, 2.24) is 19.9 Å². The third-order valence-corrected chi connectivity index (χ3v) is 2.59. The Hall–Kier alpha value is -2.09. The molecule has 0 aliphatic heterocycles. The molecule has 17 heavy (non-hydrogen) atoms. The first-order valence-corrected chi connectivity index (χ1v) is 5.50. The molecule has 8 heteroatoms. The minimum absolute atomic E-state index is 0.162. The van der Waals surface area contributed by atoms with Crippen molar-refractivity contribution < 1.29 is 0 Å². The topological polar surface area (TPSA) is 124 Å². The summed E-state index contributed by atoms with van der Waals surface area (Å²) in [7, 11) is 0. The van der Waals surface area contributed by atoms with Crippen LogP contribution in [-0.4, -0.2) is 19.9 Å². The molecule has 0 unspecified atom stereocenters. The lowest BCUT2D eigenvalue weighted by atomic mass is 10.5. The molecule has 0 saturated carbocycles. The predicted molar refractivity (Wildman–Crippen MR) is 64.6 cm³/mol. The maximum Gasteiger partial charge on any atom is 0.253 e. The molecule has 0 aromatic carbocycles. The maximum atomic E-state index is 11.2. The summed E-state index contributed by atoms with van der Waals surface area (Å²) in [4.78, 5) is 25.7. The molecule has 0 spiro atoms. The van der Waals surface area contributed by atoms with Crippen LogP contribution in [0.2, 0.25) is 0 Å². The van der Waals surface area contributed by atoms with E-state index in [1.165, 1.54) is 17.8 Å². The lowest BCUT2D eigenvalue weighted by Gasteiger charge is -2.02. The average molecular weight is 250 g/mol.